The number of anilines is 2. The zero-order chi connectivity index (χ0) is 40.1. The van der Waals surface area contributed by atoms with Gasteiger partial charge in [0.15, 0.2) is 5.82 Å². The third-order valence-corrected chi connectivity index (χ3v) is 11.3. The second-order valence-electron chi connectivity index (χ2n) is 14.8. The number of carbonyl (C=O) groups is 2. The number of alkyl halides is 3. The highest BCUT2D eigenvalue weighted by Gasteiger charge is 2.36. The maximum Gasteiger partial charge on any atom is 0.419 e. The molecule has 1 aliphatic heterocycles. The van der Waals surface area contributed by atoms with Crippen LogP contribution in [0.5, 0.6) is 0 Å². The SMILES string of the molecule is CCc1c(N2CCN(C(=O)c3c[nH]n(C4CCCC4)c3=O)[C@H](C)C2)c(=O)n2nc(C3=CCC(OC)CC3)nc2n1CC(=O)Nc1ccc(C(F)(F)F)c(F)c1C. The van der Waals surface area contributed by atoms with Crippen molar-refractivity contribution in [3.63, 3.8) is 0 Å². The second kappa shape index (κ2) is 15.3. The molecule has 14 nitrogen and oxygen atoms in total. The molecule has 2 aliphatic carbocycles. The van der Waals surface area contributed by atoms with Crippen molar-refractivity contribution in [3.8, 4) is 0 Å². The predicted octanol–water partition coefficient (Wildman–Crippen LogP) is 5.10. The molecule has 1 aromatic carbocycles. The third kappa shape index (κ3) is 7.14. The van der Waals surface area contributed by atoms with Crippen LogP contribution < -0.4 is 21.3 Å². The van der Waals surface area contributed by atoms with E-state index in [1.807, 2.05) is 24.8 Å². The average molecular weight is 784 g/mol. The van der Waals surface area contributed by atoms with Gasteiger partial charge in [-0.15, -0.1) is 5.10 Å². The van der Waals surface area contributed by atoms with Crippen LogP contribution in [0.15, 0.2) is 34.0 Å². The summed E-state index contributed by atoms with van der Waals surface area (Å²) in [5.74, 6) is -2.19. The lowest BCUT2D eigenvalue weighted by molar-refractivity contribution is -0.140. The Bertz CT molecular complexity index is 2320. The fraction of sp³-hybridized carbons (Fsp3) is 0.526. The number of piperazine rings is 1. The third-order valence-electron chi connectivity index (χ3n) is 11.3. The van der Waals surface area contributed by atoms with Crippen LogP contribution in [-0.4, -0.2) is 84.5 Å². The lowest BCUT2D eigenvalue weighted by Crippen LogP contribution is -2.56. The summed E-state index contributed by atoms with van der Waals surface area (Å²) < 4.78 is 64.6. The zero-order valence-corrected chi connectivity index (χ0v) is 31.7. The summed E-state index contributed by atoms with van der Waals surface area (Å²) in [6.07, 6.45) is 4.55. The summed E-state index contributed by atoms with van der Waals surface area (Å²) in [4.78, 5) is 63.3. The summed E-state index contributed by atoms with van der Waals surface area (Å²) in [5.41, 5.74) is -1.21. The minimum Gasteiger partial charge on any atom is -0.381 e. The molecule has 4 aromatic rings. The molecule has 7 rings (SSSR count). The van der Waals surface area contributed by atoms with Crippen LogP contribution in [0.25, 0.3) is 11.4 Å². The number of allylic oxidation sites excluding steroid dienone is 1. The first-order valence-electron chi connectivity index (χ1n) is 19.0. The molecule has 1 saturated carbocycles. The number of nitrogens with zero attached hydrogens (tertiary/aromatic N) is 7. The Hall–Kier alpha value is -5.26. The van der Waals surface area contributed by atoms with E-state index in [-0.39, 0.29) is 72.0 Å². The van der Waals surface area contributed by atoms with Crippen molar-refractivity contribution in [2.45, 2.75) is 103 Å². The molecule has 3 aliphatic rings. The van der Waals surface area contributed by atoms with Gasteiger partial charge >= 0.3 is 6.18 Å². The number of H-pyrrole nitrogens is 1. The monoisotopic (exact) mass is 783 g/mol. The van der Waals surface area contributed by atoms with E-state index in [1.165, 1.54) is 6.20 Å². The van der Waals surface area contributed by atoms with Gasteiger partial charge in [-0.2, -0.15) is 22.7 Å². The fourth-order valence-electron chi connectivity index (χ4n) is 8.25. The van der Waals surface area contributed by atoms with E-state index < -0.39 is 47.5 Å². The maximum atomic E-state index is 14.8. The fourth-order valence-corrected chi connectivity index (χ4v) is 8.25. The van der Waals surface area contributed by atoms with Crippen molar-refractivity contribution < 1.29 is 31.9 Å². The van der Waals surface area contributed by atoms with Crippen LogP contribution in [0.2, 0.25) is 0 Å². The van der Waals surface area contributed by atoms with Gasteiger partial charge in [0, 0.05) is 50.2 Å². The number of aromatic amines is 1. The van der Waals surface area contributed by atoms with Crippen molar-refractivity contribution in [1.29, 1.82) is 0 Å². The minimum absolute atomic E-state index is 0.0365. The van der Waals surface area contributed by atoms with E-state index in [2.05, 4.69) is 15.5 Å². The number of nitrogens with one attached hydrogen (secondary N) is 2. The van der Waals surface area contributed by atoms with Crippen LogP contribution in [0.4, 0.5) is 28.9 Å². The number of fused-ring (bicyclic) bond motifs is 1. The molecule has 2 fully saturated rings. The van der Waals surface area contributed by atoms with Crippen molar-refractivity contribution in [2.24, 2.45) is 0 Å². The molecule has 4 heterocycles. The lowest BCUT2D eigenvalue weighted by atomic mass is 9.97. The molecule has 2 atom stereocenters. The maximum absolute atomic E-state index is 14.8. The molecule has 2 amide bonds. The number of amides is 2. The van der Waals surface area contributed by atoms with Gasteiger partial charge in [0.1, 0.15) is 23.6 Å². The summed E-state index contributed by atoms with van der Waals surface area (Å²) >= 11 is 0. The number of rotatable bonds is 9. The topological polar surface area (TPSA) is 152 Å². The van der Waals surface area contributed by atoms with Crippen molar-refractivity contribution >= 4 is 34.5 Å². The van der Waals surface area contributed by atoms with Gasteiger partial charge in [0.05, 0.1) is 23.4 Å². The van der Waals surface area contributed by atoms with Gasteiger partial charge in [-0.1, -0.05) is 25.8 Å². The molecule has 3 aromatic heterocycles. The van der Waals surface area contributed by atoms with Crippen molar-refractivity contribution in [2.75, 3.05) is 37.0 Å². The number of ether oxygens (including phenoxy) is 1. The Morgan fingerprint density at radius 1 is 1.09 bits per heavy atom. The predicted molar refractivity (Wildman–Crippen MR) is 199 cm³/mol. The number of benzene rings is 1. The van der Waals surface area contributed by atoms with E-state index >= 15 is 0 Å². The van der Waals surface area contributed by atoms with Gasteiger partial charge in [0.25, 0.3) is 17.0 Å². The Balaban J connectivity index is 1.22. The minimum atomic E-state index is -4.91. The average Bonchev–Trinajstić information content (AvgIpc) is 3.94. The van der Waals surface area contributed by atoms with E-state index in [9.17, 15) is 36.7 Å². The highest BCUT2D eigenvalue weighted by molar-refractivity contribution is 5.94. The molecular weight excluding hydrogens is 738 g/mol. The van der Waals surface area contributed by atoms with Crippen LogP contribution >= 0.6 is 0 Å². The lowest BCUT2D eigenvalue weighted by Gasteiger charge is -2.41. The number of halogens is 4. The summed E-state index contributed by atoms with van der Waals surface area (Å²) in [6.45, 7) is 5.02. The number of hydrogen-bond acceptors (Lipinski definition) is 8. The van der Waals surface area contributed by atoms with Gasteiger partial charge in [-0.25, -0.2) is 9.07 Å². The highest BCUT2D eigenvalue weighted by Crippen LogP contribution is 2.35. The largest absolute Gasteiger partial charge is 0.419 e. The van der Waals surface area contributed by atoms with Crippen LogP contribution in [0.3, 0.4) is 0 Å². The standard InChI is InChI=1S/C38H45F4N9O5/c1-5-29-32(47-16-17-48(21(2)19-47)34(53)26-18-43-50(35(26)54)24-8-6-7-9-24)36(55)51-37(45-33(46-51)23-10-12-25(56-4)13-11-23)49(29)20-30(52)44-28-15-14-27(38(40,41)42)31(39)22(28)3/h10,14-15,18,21,24-25,43H,5-9,11-13,16-17,19-20H2,1-4H3,(H,44,52)/t21-,25?/m1/s1. The number of methoxy groups -OCH3 is 1. The molecule has 0 spiro atoms. The Morgan fingerprint density at radius 3 is 2.48 bits per heavy atom. The quantitative estimate of drug-likeness (QED) is 0.223. The summed E-state index contributed by atoms with van der Waals surface area (Å²) in [5, 5.41) is 10.1. The Kier molecular flexibility index (Phi) is 10.7. The van der Waals surface area contributed by atoms with E-state index in [0.717, 1.165) is 55.2 Å². The van der Waals surface area contributed by atoms with Gasteiger partial charge in [0.2, 0.25) is 11.7 Å². The molecule has 18 heteroatoms. The Morgan fingerprint density at radius 2 is 1.84 bits per heavy atom. The van der Waals surface area contributed by atoms with Crippen LogP contribution in [-0.2, 0) is 28.7 Å². The van der Waals surface area contributed by atoms with Gasteiger partial charge < -0.3 is 29.5 Å². The molecule has 1 saturated heterocycles. The van der Waals surface area contributed by atoms with Crippen molar-refractivity contribution in [1.82, 2.24) is 33.8 Å². The first kappa shape index (κ1) is 39.0. The second-order valence-corrected chi connectivity index (χ2v) is 14.8. The number of hydrogen-bond donors (Lipinski definition) is 2. The van der Waals surface area contributed by atoms with E-state index in [4.69, 9.17) is 9.72 Å². The highest BCUT2D eigenvalue weighted by atomic mass is 19.4. The first-order chi connectivity index (χ1) is 26.7. The van der Waals surface area contributed by atoms with Crippen LogP contribution in [0.1, 0.15) is 97.8 Å². The summed E-state index contributed by atoms with van der Waals surface area (Å²) in [7, 11) is 1.64. The molecule has 0 radical (unpaired) electrons. The van der Waals surface area contributed by atoms with E-state index in [1.54, 1.807) is 21.3 Å². The molecule has 1 unspecified atom stereocenters. The van der Waals surface area contributed by atoms with Gasteiger partial charge in [-0.05, 0) is 70.1 Å². The molecule has 2 N–H and O–H groups in total. The van der Waals surface area contributed by atoms with Crippen molar-refractivity contribution in [3.05, 3.63) is 79.1 Å². The first-order valence-corrected chi connectivity index (χ1v) is 19.0. The summed E-state index contributed by atoms with van der Waals surface area (Å²) in [6, 6.07) is 1.20. The number of carbonyl (C=O) groups excluding carboxylic acids is 2. The molecular formula is C38H45F4N9O5. The molecule has 0 bridgehead atoms. The van der Waals surface area contributed by atoms with Gasteiger partial charge in [-0.3, -0.25) is 19.2 Å². The zero-order valence-electron chi connectivity index (χ0n) is 31.7. The molecule has 300 valence electrons. The smallest absolute Gasteiger partial charge is 0.381 e. The number of aromatic nitrogens is 6. The van der Waals surface area contributed by atoms with Crippen LogP contribution in [0, 0.1) is 12.7 Å². The Labute approximate surface area is 319 Å². The molecule has 56 heavy (non-hydrogen) atoms. The normalized spacial score (nSPS) is 19.5. The van der Waals surface area contributed by atoms with E-state index in [0.29, 0.717) is 30.4 Å².